The zero-order valence-electron chi connectivity index (χ0n) is 7.14. The summed E-state index contributed by atoms with van der Waals surface area (Å²) >= 11 is 0. The number of nitrogens with zero attached hydrogens (tertiary/aromatic N) is 5. The molecule has 0 aliphatic rings. The lowest BCUT2D eigenvalue weighted by Crippen LogP contribution is -1.97. The van der Waals surface area contributed by atoms with Crippen molar-refractivity contribution in [2.45, 2.75) is 20.4 Å². The molecule has 1 heterocycles. The Morgan fingerprint density at radius 1 is 1.58 bits per heavy atom. The molecular weight excluding hydrogens is 158 g/mol. The Hall–Kier alpha value is -1.46. The molecule has 1 rings (SSSR count). The molecule has 1 aromatic heterocycles. The SMILES string of the molecule is CCO/C=N/c1nnn(CC)n1. The predicted octanol–water partition coefficient (Wildman–Crippen LogP) is 0.389. The number of aryl methyl sites for hydroxylation is 1. The molecule has 1 aromatic rings. The molecule has 6 nitrogen and oxygen atoms in total. The van der Waals surface area contributed by atoms with Crippen molar-refractivity contribution in [3.63, 3.8) is 0 Å². The van der Waals surface area contributed by atoms with E-state index in [1.54, 1.807) is 0 Å². The van der Waals surface area contributed by atoms with E-state index in [1.807, 2.05) is 13.8 Å². The van der Waals surface area contributed by atoms with Crippen LogP contribution in [-0.2, 0) is 11.3 Å². The highest BCUT2D eigenvalue weighted by atomic mass is 16.5. The molecule has 0 amide bonds. The average molecular weight is 169 g/mol. The number of tetrazole rings is 1. The smallest absolute Gasteiger partial charge is 0.291 e. The Morgan fingerprint density at radius 3 is 3.00 bits per heavy atom. The minimum atomic E-state index is 0.324. The monoisotopic (exact) mass is 169 g/mol. The Kier molecular flexibility index (Phi) is 3.18. The third-order valence-corrected chi connectivity index (χ3v) is 1.13. The van der Waals surface area contributed by atoms with Crippen molar-refractivity contribution >= 4 is 12.3 Å². The van der Waals surface area contributed by atoms with Gasteiger partial charge in [0.1, 0.15) is 0 Å². The van der Waals surface area contributed by atoms with E-state index in [4.69, 9.17) is 4.74 Å². The van der Waals surface area contributed by atoms with E-state index < -0.39 is 0 Å². The lowest BCUT2D eigenvalue weighted by molar-refractivity contribution is 0.343. The summed E-state index contributed by atoms with van der Waals surface area (Å²) in [5, 5.41) is 11.3. The van der Waals surface area contributed by atoms with Gasteiger partial charge in [-0.3, -0.25) is 0 Å². The van der Waals surface area contributed by atoms with Gasteiger partial charge in [-0.25, -0.2) is 0 Å². The van der Waals surface area contributed by atoms with Gasteiger partial charge in [0, 0.05) is 0 Å². The molecule has 0 atom stereocenters. The highest BCUT2D eigenvalue weighted by molar-refractivity contribution is 5.50. The third-order valence-electron chi connectivity index (χ3n) is 1.13. The van der Waals surface area contributed by atoms with Gasteiger partial charge in [0.25, 0.3) is 5.95 Å². The van der Waals surface area contributed by atoms with Gasteiger partial charge in [0.15, 0.2) is 6.40 Å². The highest BCUT2D eigenvalue weighted by Gasteiger charge is 1.95. The summed E-state index contributed by atoms with van der Waals surface area (Å²) in [6.45, 7) is 5.09. The standard InChI is InChI=1S/C6H11N5O/c1-3-11-9-6(8-10-11)7-5-12-4-2/h5H,3-4H2,1-2H3/b7-5+. The maximum atomic E-state index is 4.87. The molecule has 0 bridgehead atoms. The van der Waals surface area contributed by atoms with E-state index in [0.29, 0.717) is 19.1 Å². The zero-order valence-corrected chi connectivity index (χ0v) is 7.14. The minimum absolute atomic E-state index is 0.324. The number of rotatable bonds is 4. The van der Waals surface area contributed by atoms with Crippen molar-refractivity contribution in [3.05, 3.63) is 0 Å². The predicted molar refractivity (Wildman–Crippen MR) is 43.3 cm³/mol. The van der Waals surface area contributed by atoms with Crippen molar-refractivity contribution in [1.82, 2.24) is 20.2 Å². The van der Waals surface area contributed by atoms with Gasteiger partial charge < -0.3 is 4.74 Å². The van der Waals surface area contributed by atoms with Gasteiger partial charge in [-0.15, -0.1) is 5.10 Å². The molecule has 0 aliphatic carbocycles. The van der Waals surface area contributed by atoms with Crippen LogP contribution in [0.5, 0.6) is 0 Å². The van der Waals surface area contributed by atoms with Crippen molar-refractivity contribution in [1.29, 1.82) is 0 Å². The van der Waals surface area contributed by atoms with E-state index in [9.17, 15) is 0 Å². The first-order valence-corrected chi connectivity index (χ1v) is 3.78. The summed E-state index contributed by atoms with van der Waals surface area (Å²) in [6.07, 6.45) is 1.32. The van der Waals surface area contributed by atoms with Gasteiger partial charge in [0.2, 0.25) is 0 Å². The maximum absolute atomic E-state index is 4.87. The summed E-state index contributed by atoms with van der Waals surface area (Å²) in [7, 11) is 0. The van der Waals surface area contributed by atoms with Crippen LogP contribution in [0.4, 0.5) is 5.95 Å². The van der Waals surface area contributed by atoms with Gasteiger partial charge in [-0.1, -0.05) is 5.10 Å². The van der Waals surface area contributed by atoms with Crippen LogP contribution in [0, 0.1) is 0 Å². The summed E-state index contributed by atoms with van der Waals surface area (Å²) in [5.74, 6) is 0.324. The molecule has 6 heteroatoms. The zero-order chi connectivity index (χ0) is 8.81. The van der Waals surface area contributed by atoms with Crippen molar-refractivity contribution in [2.75, 3.05) is 6.61 Å². The maximum Gasteiger partial charge on any atom is 0.291 e. The second kappa shape index (κ2) is 4.42. The van der Waals surface area contributed by atoms with Gasteiger partial charge >= 0.3 is 0 Å². The Bertz CT molecular complexity index is 256. The van der Waals surface area contributed by atoms with Crippen LogP contribution < -0.4 is 0 Å². The topological polar surface area (TPSA) is 65.2 Å². The Morgan fingerprint density at radius 2 is 2.42 bits per heavy atom. The molecule has 0 N–H and O–H groups in total. The largest absolute Gasteiger partial charge is 0.483 e. The van der Waals surface area contributed by atoms with Crippen molar-refractivity contribution in [3.8, 4) is 0 Å². The number of hydrogen-bond donors (Lipinski definition) is 0. The van der Waals surface area contributed by atoms with Crippen molar-refractivity contribution in [2.24, 2.45) is 4.99 Å². The quantitative estimate of drug-likeness (QED) is 0.483. The van der Waals surface area contributed by atoms with Gasteiger partial charge in [0.05, 0.1) is 13.2 Å². The number of aliphatic imine (C=N–C) groups is 1. The summed E-state index contributed by atoms with van der Waals surface area (Å²) in [4.78, 5) is 5.27. The number of hydrogen-bond acceptors (Lipinski definition) is 5. The summed E-state index contributed by atoms with van der Waals surface area (Å²) in [5.41, 5.74) is 0. The molecule has 0 unspecified atom stereocenters. The fraction of sp³-hybridized carbons (Fsp3) is 0.667. The normalized spacial score (nSPS) is 10.8. The molecule has 66 valence electrons. The molecule has 0 aromatic carbocycles. The molecule has 0 fully saturated rings. The fourth-order valence-corrected chi connectivity index (χ4v) is 0.579. The fourth-order valence-electron chi connectivity index (χ4n) is 0.579. The van der Waals surface area contributed by atoms with Crippen LogP contribution >= 0.6 is 0 Å². The summed E-state index contributed by atoms with van der Waals surface area (Å²) in [6, 6.07) is 0. The van der Waals surface area contributed by atoms with Crippen LogP contribution in [0.3, 0.4) is 0 Å². The second-order valence-corrected chi connectivity index (χ2v) is 1.97. The molecular formula is C6H11N5O. The average Bonchev–Trinajstić information content (AvgIpc) is 2.53. The first kappa shape index (κ1) is 8.63. The van der Waals surface area contributed by atoms with Crippen LogP contribution in [0.2, 0.25) is 0 Å². The lowest BCUT2D eigenvalue weighted by Gasteiger charge is -1.88. The third kappa shape index (κ3) is 2.30. The van der Waals surface area contributed by atoms with Crippen molar-refractivity contribution < 1.29 is 4.74 Å². The molecule has 0 saturated carbocycles. The molecule has 0 aliphatic heterocycles. The first-order valence-electron chi connectivity index (χ1n) is 3.78. The number of ether oxygens (including phenoxy) is 1. The van der Waals surface area contributed by atoms with Crippen LogP contribution in [0.25, 0.3) is 0 Å². The molecule has 12 heavy (non-hydrogen) atoms. The van der Waals surface area contributed by atoms with Crippen LogP contribution in [-0.4, -0.2) is 33.2 Å². The summed E-state index contributed by atoms with van der Waals surface area (Å²) < 4.78 is 4.87. The molecule has 0 radical (unpaired) electrons. The van der Waals surface area contributed by atoms with E-state index in [2.05, 4.69) is 20.4 Å². The van der Waals surface area contributed by atoms with E-state index in [0.717, 1.165) is 0 Å². The van der Waals surface area contributed by atoms with E-state index in [-0.39, 0.29) is 0 Å². The second-order valence-electron chi connectivity index (χ2n) is 1.97. The van der Waals surface area contributed by atoms with Crippen LogP contribution in [0.15, 0.2) is 4.99 Å². The highest BCUT2D eigenvalue weighted by Crippen LogP contribution is 1.96. The van der Waals surface area contributed by atoms with Gasteiger partial charge in [-0.05, 0) is 19.1 Å². The molecule has 0 spiro atoms. The number of aromatic nitrogens is 4. The first-order chi connectivity index (χ1) is 5.86. The van der Waals surface area contributed by atoms with Gasteiger partial charge in [-0.2, -0.15) is 9.79 Å². The Labute approximate surface area is 70.2 Å². The van der Waals surface area contributed by atoms with Crippen LogP contribution in [0.1, 0.15) is 13.8 Å². The Balaban J connectivity index is 2.51. The minimum Gasteiger partial charge on any atom is -0.483 e. The lowest BCUT2D eigenvalue weighted by atomic mass is 10.8. The molecule has 0 saturated heterocycles. The van der Waals surface area contributed by atoms with E-state index >= 15 is 0 Å². The van der Waals surface area contributed by atoms with E-state index in [1.165, 1.54) is 11.2 Å².